The minimum absolute atomic E-state index is 0.0493. The van der Waals surface area contributed by atoms with E-state index in [0.717, 1.165) is 83.7 Å². The summed E-state index contributed by atoms with van der Waals surface area (Å²) in [6, 6.07) is 65.0. The zero-order chi connectivity index (χ0) is 39.8. The quantitative estimate of drug-likeness (QED) is 0.181. The number of nitrogens with zero attached hydrogens (tertiary/aromatic N) is 3. The van der Waals surface area contributed by atoms with Crippen molar-refractivity contribution in [3.05, 3.63) is 212 Å². The van der Waals surface area contributed by atoms with E-state index in [0.29, 0.717) is 10.9 Å². The maximum absolute atomic E-state index is 9.23. The van der Waals surface area contributed by atoms with Crippen LogP contribution in [-0.2, 0) is 0 Å². The molecule has 0 saturated heterocycles. The Morgan fingerprint density at radius 1 is 0.327 bits per heavy atom. The lowest BCUT2D eigenvalue weighted by molar-refractivity contribution is 1.19. The number of hydrogen-bond donors (Lipinski definition) is 0. The van der Waals surface area contributed by atoms with Crippen molar-refractivity contribution in [1.29, 1.82) is 0 Å². The van der Waals surface area contributed by atoms with E-state index in [1.54, 1.807) is 0 Å². The van der Waals surface area contributed by atoms with Gasteiger partial charge in [-0.1, -0.05) is 127 Å². The molecule has 1 aliphatic heterocycles. The molecule has 3 heteroatoms. The SMILES string of the molecule is [2H]c1c([2H])c([2H])c2c(c1[2H])c1ccc(N3c4cccc(c4)-c4cccc(c4)N(c4ccccc4)c4cccc(c4)-c4cccc3c4)cc1n2-c1cccc2ccccc12. The molecule has 3 nitrogen and oxygen atoms in total. The Hall–Kier alpha value is -7.36. The Labute approximate surface area is 325 Å². The van der Waals surface area contributed by atoms with Gasteiger partial charge in [0.1, 0.15) is 0 Å². The molecule has 2 heterocycles. The molecule has 10 aromatic rings. The summed E-state index contributed by atoms with van der Waals surface area (Å²) in [5.41, 5.74) is 12.4. The summed E-state index contributed by atoms with van der Waals surface area (Å²) in [5, 5.41) is 3.28. The van der Waals surface area contributed by atoms with Crippen molar-refractivity contribution in [2.24, 2.45) is 0 Å². The Morgan fingerprint density at radius 3 is 1.45 bits per heavy atom. The van der Waals surface area contributed by atoms with Crippen molar-refractivity contribution >= 4 is 66.7 Å². The third-order valence-electron chi connectivity index (χ3n) is 10.7. The number of para-hydroxylation sites is 2. The highest BCUT2D eigenvalue weighted by Gasteiger charge is 2.21. The fraction of sp³-hybridized carbons (Fsp3) is 0. The van der Waals surface area contributed by atoms with Crippen LogP contribution in [0.5, 0.6) is 0 Å². The molecular formula is C52H35N3. The number of fused-ring (bicyclic) bond motifs is 14. The smallest absolute Gasteiger partial charge is 0.0645 e. The zero-order valence-electron chi connectivity index (χ0n) is 33.7. The molecule has 55 heavy (non-hydrogen) atoms. The second-order valence-electron chi connectivity index (χ2n) is 14.0. The van der Waals surface area contributed by atoms with Crippen molar-refractivity contribution in [2.45, 2.75) is 0 Å². The molecule has 1 aromatic heterocycles. The molecule has 0 aliphatic carbocycles. The predicted octanol–water partition coefficient (Wildman–Crippen LogP) is 14.5. The van der Waals surface area contributed by atoms with Gasteiger partial charge in [-0.15, -0.1) is 0 Å². The predicted molar refractivity (Wildman–Crippen MR) is 232 cm³/mol. The topological polar surface area (TPSA) is 11.4 Å². The molecule has 8 bridgehead atoms. The molecule has 0 atom stereocenters. The van der Waals surface area contributed by atoms with Crippen molar-refractivity contribution in [1.82, 2.24) is 4.57 Å². The molecule has 258 valence electrons. The first-order valence-corrected chi connectivity index (χ1v) is 18.5. The molecular weight excluding hydrogens is 667 g/mol. The number of hydrogen-bond acceptors (Lipinski definition) is 2. The molecule has 0 spiro atoms. The van der Waals surface area contributed by atoms with Gasteiger partial charge in [0.15, 0.2) is 0 Å². The standard InChI is InChI=1S/C52H35N3/c1-2-19-41(20-3-1)53-42-21-8-15-37(31-42)39-17-10-23-44(33-39)54(45-24-11-18-40(34-45)38-16-9-22-43(53)32-38)46-29-30-49-48-26-6-7-27-51(48)55(52(49)35-46)50-28-12-14-36-13-4-5-25-47(36)50/h1-35H/i6D,7D,26D,27D. The summed E-state index contributed by atoms with van der Waals surface area (Å²) in [4.78, 5) is 4.57. The minimum atomic E-state index is -0.254. The molecule has 0 N–H and O–H groups in total. The Kier molecular flexibility index (Phi) is 6.27. The van der Waals surface area contributed by atoms with E-state index in [9.17, 15) is 1.37 Å². The van der Waals surface area contributed by atoms with Crippen LogP contribution >= 0.6 is 0 Å². The molecule has 0 saturated carbocycles. The molecule has 9 aromatic carbocycles. The summed E-state index contributed by atoms with van der Waals surface area (Å²) in [6.07, 6.45) is 0. The first kappa shape index (κ1) is 27.3. The molecule has 0 amide bonds. The van der Waals surface area contributed by atoms with Crippen LogP contribution < -0.4 is 9.80 Å². The molecule has 11 rings (SSSR count). The largest absolute Gasteiger partial charge is 0.310 e. The van der Waals surface area contributed by atoms with E-state index in [1.807, 2.05) is 41.0 Å². The van der Waals surface area contributed by atoms with Gasteiger partial charge in [0, 0.05) is 50.3 Å². The normalized spacial score (nSPS) is 13.3. The van der Waals surface area contributed by atoms with Crippen molar-refractivity contribution in [3.8, 4) is 27.9 Å². The average molecular weight is 706 g/mol. The van der Waals surface area contributed by atoms with Crippen LogP contribution in [0.4, 0.5) is 34.1 Å². The van der Waals surface area contributed by atoms with Crippen LogP contribution in [0.1, 0.15) is 5.48 Å². The summed E-state index contributed by atoms with van der Waals surface area (Å²) in [5.74, 6) is 0. The number of rotatable bonds is 3. The Morgan fingerprint density at radius 2 is 0.818 bits per heavy atom. The van der Waals surface area contributed by atoms with Crippen LogP contribution in [-0.4, -0.2) is 4.57 Å². The van der Waals surface area contributed by atoms with Gasteiger partial charge in [-0.05, 0) is 113 Å². The van der Waals surface area contributed by atoms with Gasteiger partial charge in [0.05, 0.1) is 22.2 Å². The van der Waals surface area contributed by atoms with Gasteiger partial charge in [-0.25, -0.2) is 0 Å². The van der Waals surface area contributed by atoms with Crippen LogP contribution in [0.3, 0.4) is 0 Å². The number of anilines is 6. The van der Waals surface area contributed by atoms with Gasteiger partial charge in [-0.2, -0.15) is 0 Å². The lowest BCUT2D eigenvalue weighted by Gasteiger charge is -2.28. The monoisotopic (exact) mass is 705 g/mol. The third-order valence-corrected chi connectivity index (χ3v) is 10.7. The van der Waals surface area contributed by atoms with Crippen molar-refractivity contribution in [3.63, 3.8) is 0 Å². The molecule has 0 radical (unpaired) electrons. The van der Waals surface area contributed by atoms with E-state index in [2.05, 4.69) is 161 Å². The van der Waals surface area contributed by atoms with Gasteiger partial charge in [-0.3, -0.25) is 0 Å². The van der Waals surface area contributed by atoms with Crippen molar-refractivity contribution < 1.29 is 5.48 Å². The Bertz CT molecular complexity index is 3200. The van der Waals surface area contributed by atoms with E-state index >= 15 is 0 Å². The highest BCUT2D eigenvalue weighted by molar-refractivity contribution is 6.11. The lowest BCUT2D eigenvalue weighted by Crippen LogP contribution is -2.11. The second-order valence-corrected chi connectivity index (χ2v) is 14.0. The van der Waals surface area contributed by atoms with Gasteiger partial charge >= 0.3 is 0 Å². The maximum atomic E-state index is 9.23. The molecule has 0 fully saturated rings. The first-order valence-electron chi connectivity index (χ1n) is 20.5. The lowest BCUT2D eigenvalue weighted by atomic mass is 10.00. The minimum Gasteiger partial charge on any atom is -0.310 e. The first-order chi connectivity index (χ1) is 28.9. The fourth-order valence-corrected chi connectivity index (χ4v) is 8.27. The van der Waals surface area contributed by atoms with Gasteiger partial charge in [0.2, 0.25) is 0 Å². The summed E-state index contributed by atoms with van der Waals surface area (Å²) in [6.45, 7) is 0. The molecule has 0 unspecified atom stereocenters. The summed E-state index contributed by atoms with van der Waals surface area (Å²) < 4.78 is 37.8. The van der Waals surface area contributed by atoms with E-state index < -0.39 is 0 Å². The average Bonchev–Trinajstić information content (AvgIpc) is 3.63. The second kappa shape index (κ2) is 12.6. The molecule has 1 aliphatic rings. The maximum Gasteiger partial charge on any atom is 0.0645 e. The number of aromatic nitrogens is 1. The summed E-state index contributed by atoms with van der Waals surface area (Å²) >= 11 is 0. The summed E-state index contributed by atoms with van der Waals surface area (Å²) in [7, 11) is 0. The van der Waals surface area contributed by atoms with E-state index in [4.69, 9.17) is 4.11 Å². The Balaban J connectivity index is 1.20. The van der Waals surface area contributed by atoms with Crippen LogP contribution in [0.25, 0.3) is 60.5 Å². The van der Waals surface area contributed by atoms with Crippen molar-refractivity contribution in [2.75, 3.05) is 9.80 Å². The van der Waals surface area contributed by atoms with Crippen LogP contribution in [0.15, 0.2) is 212 Å². The third kappa shape index (κ3) is 5.20. The fourth-order valence-electron chi connectivity index (χ4n) is 8.27. The van der Waals surface area contributed by atoms with Crippen LogP contribution in [0, 0.1) is 0 Å². The number of benzene rings is 9. The highest BCUT2D eigenvalue weighted by Crippen LogP contribution is 2.44. The van der Waals surface area contributed by atoms with Gasteiger partial charge < -0.3 is 14.4 Å². The van der Waals surface area contributed by atoms with Gasteiger partial charge in [0.25, 0.3) is 0 Å². The van der Waals surface area contributed by atoms with Crippen LogP contribution in [0.2, 0.25) is 0 Å². The zero-order valence-corrected chi connectivity index (χ0v) is 29.7. The van der Waals surface area contributed by atoms with E-state index in [1.165, 1.54) is 0 Å². The highest BCUT2D eigenvalue weighted by atomic mass is 15.2. The van der Waals surface area contributed by atoms with E-state index in [-0.39, 0.29) is 24.2 Å².